The highest BCUT2D eigenvalue weighted by Gasteiger charge is 2.24. The molecule has 1 aliphatic rings. The van der Waals surface area contributed by atoms with Gasteiger partial charge in [-0.25, -0.2) is 13.2 Å². The smallest absolute Gasteiger partial charge is 0.166 e. The molecule has 0 saturated carbocycles. The van der Waals surface area contributed by atoms with Gasteiger partial charge in [-0.15, -0.1) is 6.58 Å². The van der Waals surface area contributed by atoms with Crippen molar-refractivity contribution in [1.29, 1.82) is 0 Å². The first-order chi connectivity index (χ1) is 16.5. The molecule has 3 aromatic carbocycles. The highest BCUT2D eigenvalue weighted by atomic mass is 19.2. The number of halogens is 3. The number of rotatable bonds is 7. The molecule has 34 heavy (non-hydrogen) atoms. The second-order valence-electron chi connectivity index (χ2n) is 8.69. The fourth-order valence-electron chi connectivity index (χ4n) is 4.36. The first kappa shape index (κ1) is 24.0. The zero-order valence-corrected chi connectivity index (χ0v) is 19.4. The lowest BCUT2D eigenvalue weighted by Gasteiger charge is -2.28. The van der Waals surface area contributed by atoms with Gasteiger partial charge in [0, 0.05) is 17.0 Å². The molecular formula is C30H29F3O. The lowest BCUT2D eigenvalue weighted by atomic mass is 9.93. The minimum atomic E-state index is -0.850. The third-order valence-electron chi connectivity index (χ3n) is 6.42. The van der Waals surface area contributed by atoms with Gasteiger partial charge in [-0.05, 0) is 54.0 Å². The third kappa shape index (κ3) is 5.18. The predicted octanol–water partition coefficient (Wildman–Crippen LogP) is 8.60. The fraction of sp³-hybridized carbons (Fsp3) is 0.267. The summed E-state index contributed by atoms with van der Waals surface area (Å²) in [5.41, 5.74) is 3.20. The molecule has 0 aliphatic carbocycles. The van der Waals surface area contributed by atoms with E-state index in [0.717, 1.165) is 30.4 Å². The van der Waals surface area contributed by atoms with Crippen LogP contribution in [0.1, 0.15) is 43.4 Å². The molecule has 3 aromatic rings. The van der Waals surface area contributed by atoms with Crippen molar-refractivity contribution in [2.24, 2.45) is 5.92 Å². The molecule has 176 valence electrons. The van der Waals surface area contributed by atoms with E-state index in [1.54, 1.807) is 42.5 Å². The van der Waals surface area contributed by atoms with Crippen LogP contribution >= 0.6 is 0 Å². The molecule has 0 aromatic heterocycles. The van der Waals surface area contributed by atoms with Crippen molar-refractivity contribution in [2.75, 3.05) is 6.61 Å². The topological polar surface area (TPSA) is 9.23 Å². The minimum Gasteiger partial charge on any atom is -0.373 e. The van der Waals surface area contributed by atoms with E-state index < -0.39 is 11.6 Å². The zero-order valence-electron chi connectivity index (χ0n) is 19.4. The summed E-state index contributed by atoms with van der Waals surface area (Å²) in [6.45, 7) is 6.35. The van der Waals surface area contributed by atoms with Gasteiger partial charge in [-0.3, -0.25) is 0 Å². The molecule has 0 spiro atoms. The van der Waals surface area contributed by atoms with E-state index in [4.69, 9.17) is 4.74 Å². The van der Waals surface area contributed by atoms with Crippen LogP contribution in [0.4, 0.5) is 13.2 Å². The molecule has 0 N–H and O–H groups in total. The van der Waals surface area contributed by atoms with Crippen LogP contribution in [0.25, 0.3) is 22.3 Å². The molecular weight excluding hydrogens is 433 g/mol. The molecule has 1 aliphatic heterocycles. The molecule has 0 radical (unpaired) electrons. The van der Waals surface area contributed by atoms with Crippen molar-refractivity contribution in [3.05, 3.63) is 108 Å². The minimum absolute atomic E-state index is 0.209. The van der Waals surface area contributed by atoms with Gasteiger partial charge in [0.25, 0.3) is 0 Å². The molecule has 1 heterocycles. The van der Waals surface area contributed by atoms with E-state index in [-0.39, 0.29) is 17.5 Å². The highest BCUT2D eigenvalue weighted by Crippen LogP contribution is 2.35. The van der Waals surface area contributed by atoms with Crippen LogP contribution in [0, 0.1) is 23.4 Å². The SMILES string of the molecule is C=CC1CCC(c2ccc(-c3ccc(-c4ccc(C/C=C\CC)c(F)c4F)cc3)cc2F)OC1. The summed E-state index contributed by atoms with van der Waals surface area (Å²) >= 11 is 0. The van der Waals surface area contributed by atoms with Gasteiger partial charge < -0.3 is 4.74 Å². The maximum Gasteiger partial charge on any atom is 0.166 e. The second-order valence-corrected chi connectivity index (χ2v) is 8.69. The molecule has 2 unspecified atom stereocenters. The average Bonchev–Trinajstić information content (AvgIpc) is 2.87. The van der Waals surface area contributed by atoms with E-state index >= 15 is 0 Å². The first-order valence-corrected chi connectivity index (χ1v) is 11.8. The van der Waals surface area contributed by atoms with Crippen LogP contribution in [0.15, 0.2) is 79.4 Å². The molecule has 4 rings (SSSR count). The highest BCUT2D eigenvalue weighted by molar-refractivity contribution is 5.71. The summed E-state index contributed by atoms with van der Waals surface area (Å²) in [7, 11) is 0. The summed E-state index contributed by atoms with van der Waals surface area (Å²) in [6, 6.07) is 15.4. The summed E-state index contributed by atoms with van der Waals surface area (Å²) < 4.78 is 50.0. The molecule has 1 saturated heterocycles. The van der Waals surface area contributed by atoms with E-state index in [9.17, 15) is 13.2 Å². The van der Waals surface area contributed by atoms with Crippen molar-refractivity contribution in [3.63, 3.8) is 0 Å². The summed E-state index contributed by atoms with van der Waals surface area (Å²) in [6.07, 6.45) is 8.32. The molecule has 1 nitrogen and oxygen atoms in total. The van der Waals surface area contributed by atoms with Crippen LogP contribution in [0.5, 0.6) is 0 Å². The first-order valence-electron chi connectivity index (χ1n) is 11.8. The Kier molecular flexibility index (Phi) is 7.69. The largest absolute Gasteiger partial charge is 0.373 e. The van der Waals surface area contributed by atoms with E-state index in [1.165, 1.54) is 6.07 Å². The van der Waals surface area contributed by atoms with Gasteiger partial charge in [-0.2, -0.15) is 0 Å². The maximum absolute atomic E-state index is 14.9. The summed E-state index contributed by atoms with van der Waals surface area (Å²) in [5.74, 6) is -1.64. The number of hydrogen-bond donors (Lipinski definition) is 0. The Labute approximate surface area is 199 Å². The van der Waals surface area contributed by atoms with Crippen molar-refractivity contribution < 1.29 is 17.9 Å². The second kappa shape index (κ2) is 10.9. The van der Waals surface area contributed by atoms with Crippen LogP contribution < -0.4 is 0 Å². The van der Waals surface area contributed by atoms with Gasteiger partial charge in [0.15, 0.2) is 11.6 Å². The Bertz CT molecular complexity index is 1170. The lowest BCUT2D eigenvalue weighted by Crippen LogP contribution is -2.19. The third-order valence-corrected chi connectivity index (χ3v) is 6.42. The summed E-state index contributed by atoms with van der Waals surface area (Å²) in [5, 5.41) is 0. The standard InChI is InChI=1S/C30H29F3O/c1-3-5-6-7-23-13-15-25(30(33)29(23)32)22-11-9-21(10-12-22)24-14-16-26(27(31)18-24)28-17-8-20(4-2)19-34-28/h4-6,9-16,18,20,28H,2-3,7-8,17,19H2,1H3/b6-5-. The summed E-state index contributed by atoms with van der Waals surface area (Å²) in [4.78, 5) is 0. The number of benzene rings is 3. The van der Waals surface area contributed by atoms with Crippen molar-refractivity contribution in [1.82, 2.24) is 0 Å². The van der Waals surface area contributed by atoms with E-state index in [1.807, 2.05) is 31.2 Å². The van der Waals surface area contributed by atoms with Gasteiger partial charge in [-0.1, -0.05) is 73.7 Å². The van der Waals surface area contributed by atoms with Crippen LogP contribution in [0.2, 0.25) is 0 Å². The van der Waals surface area contributed by atoms with E-state index in [2.05, 4.69) is 6.58 Å². The van der Waals surface area contributed by atoms with Gasteiger partial charge >= 0.3 is 0 Å². The number of ether oxygens (including phenoxy) is 1. The normalized spacial score (nSPS) is 18.4. The van der Waals surface area contributed by atoms with Crippen molar-refractivity contribution in [2.45, 2.75) is 38.7 Å². The molecule has 0 bridgehead atoms. The quantitative estimate of drug-likeness (QED) is 0.319. The molecule has 0 amide bonds. The average molecular weight is 463 g/mol. The van der Waals surface area contributed by atoms with Crippen molar-refractivity contribution >= 4 is 0 Å². The Hall–Kier alpha value is -3.11. The predicted molar refractivity (Wildman–Crippen MR) is 132 cm³/mol. The van der Waals surface area contributed by atoms with Crippen LogP contribution in [-0.4, -0.2) is 6.61 Å². The van der Waals surface area contributed by atoms with E-state index in [0.29, 0.717) is 35.6 Å². The number of hydrogen-bond acceptors (Lipinski definition) is 1. The Morgan fingerprint density at radius 1 is 0.882 bits per heavy atom. The van der Waals surface area contributed by atoms with Gasteiger partial charge in [0.1, 0.15) is 5.82 Å². The zero-order chi connectivity index (χ0) is 24.1. The van der Waals surface area contributed by atoms with Crippen molar-refractivity contribution in [3.8, 4) is 22.3 Å². The van der Waals surface area contributed by atoms with Gasteiger partial charge in [0.2, 0.25) is 0 Å². The molecule has 4 heteroatoms. The fourth-order valence-corrected chi connectivity index (χ4v) is 4.36. The Morgan fingerprint density at radius 2 is 1.62 bits per heavy atom. The van der Waals surface area contributed by atoms with Gasteiger partial charge in [0.05, 0.1) is 12.7 Å². The molecule has 1 fully saturated rings. The molecule has 2 atom stereocenters. The number of allylic oxidation sites excluding steroid dienone is 2. The van der Waals surface area contributed by atoms with Crippen LogP contribution in [0.3, 0.4) is 0 Å². The lowest BCUT2D eigenvalue weighted by molar-refractivity contribution is -0.00700. The Balaban J connectivity index is 1.52. The Morgan fingerprint density at radius 3 is 2.26 bits per heavy atom. The maximum atomic E-state index is 14.9. The monoisotopic (exact) mass is 462 g/mol. The van der Waals surface area contributed by atoms with Crippen LogP contribution in [-0.2, 0) is 11.2 Å².